The predicted octanol–water partition coefficient (Wildman–Crippen LogP) is 1.75. The normalized spacial score (nSPS) is 15.6. The van der Waals surface area contributed by atoms with Crippen molar-refractivity contribution >= 4 is 17.5 Å². The topological polar surface area (TPSA) is 58.6 Å². The summed E-state index contributed by atoms with van der Waals surface area (Å²) in [6, 6.07) is 5.37. The Morgan fingerprint density at radius 2 is 1.95 bits per heavy atom. The molecule has 19 heavy (non-hydrogen) atoms. The lowest BCUT2D eigenvalue weighted by molar-refractivity contribution is 0.0693. The summed E-state index contributed by atoms with van der Waals surface area (Å²) in [5, 5.41) is 3.25. The number of rotatable bonds is 5. The summed E-state index contributed by atoms with van der Waals surface area (Å²) in [4.78, 5) is 24.8. The Hall–Kier alpha value is -1.88. The van der Waals surface area contributed by atoms with E-state index in [1.807, 2.05) is 19.9 Å². The van der Waals surface area contributed by atoms with Crippen LogP contribution in [0.1, 0.15) is 34.6 Å². The van der Waals surface area contributed by atoms with Crippen molar-refractivity contribution in [3.63, 3.8) is 0 Å². The molecule has 0 saturated heterocycles. The summed E-state index contributed by atoms with van der Waals surface area (Å²) in [5.41, 5.74) is 1.75. The average Bonchev–Trinajstić information content (AvgIpc) is 2.61. The predicted molar refractivity (Wildman–Crippen MR) is 72.4 cm³/mol. The van der Waals surface area contributed by atoms with Crippen LogP contribution in [0.2, 0.25) is 0 Å². The monoisotopic (exact) mass is 262 g/mol. The first-order chi connectivity index (χ1) is 9.04. The van der Waals surface area contributed by atoms with Crippen molar-refractivity contribution in [2.45, 2.75) is 19.9 Å². The molecule has 1 aromatic carbocycles. The van der Waals surface area contributed by atoms with Gasteiger partial charge in [-0.15, -0.1) is 0 Å². The smallest absolute Gasteiger partial charge is 0.261 e. The molecular weight excluding hydrogens is 244 g/mol. The second-order valence-electron chi connectivity index (χ2n) is 4.63. The van der Waals surface area contributed by atoms with Gasteiger partial charge in [0.2, 0.25) is 0 Å². The molecule has 0 aromatic heterocycles. The van der Waals surface area contributed by atoms with Crippen LogP contribution in [-0.4, -0.2) is 43.0 Å². The van der Waals surface area contributed by atoms with Crippen molar-refractivity contribution in [2.75, 3.05) is 25.6 Å². The highest BCUT2D eigenvalue weighted by Gasteiger charge is 2.32. The third kappa shape index (κ3) is 2.61. The Morgan fingerprint density at radius 1 is 1.26 bits per heavy atom. The van der Waals surface area contributed by atoms with Crippen LogP contribution in [0.5, 0.6) is 0 Å². The minimum atomic E-state index is -0.249. The maximum Gasteiger partial charge on any atom is 0.261 e. The van der Waals surface area contributed by atoms with Crippen molar-refractivity contribution < 1.29 is 14.3 Å². The van der Waals surface area contributed by atoms with Gasteiger partial charge >= 0.3 is 0 Å². The lowest BCUT2D eigenvalue weighted by atomic mass is 10.1. The minimum Gasteiger partial charge on any atom is -0.380 e. The van der Waals surface area contributed by atoms with Gasteiger partial charge in [-0.2, -0.15) is 0 Å². The summed E-state index contributed by atoms with van der Waals surface area (Å²) in [7, 11) is 1.50. The molecule has 0 fully saturated rings. The molecule has 2 rings (SSSR count). The molecule has 102 valence electrons. The number of hydrogen-bond donors (Lipinski definition) is 1. The maximum absolute atomic E-state index is 11.9. The second-order valence-corrected chi connectivity index (χ2v) is 4.63. The molecule has 1 aromatic rings. The van der Waals surface area contributed by atoms with Crippen LogP contribution in [0, 0.1) is 0 Å². The number of imide groups is 1. The van der Waals surface area contributed by atoms with Gasteiger partial charge in [-0.1, -0.05) is 0 Å². The average molecular weight is 262 g/mol. The lowest BCUT2D eigenvalue weighted by Gasteiger charge is -2.15. The third-order valence-electron chi connectivity index (χ3n) is 3.07. The molecule has 0 bridgehead atoms. The molecule has 5 heteroatoms. The molecule has 1 aliphatic heterocycles. The van der Waals surface area contributed by atoms with Gasteiger partial charge in [-0.25, -0.2) is 0 Å². The highest BCUT2D eigenvalue weighted by atomic mass is 16.5. The molecular formula is C14H18N2O3. The van der Waals surface area contributed by atoms with E-state index >= 15 is 0 Å². The second kappa shape index (κ2) is 5.40. The fraction of sp³-hybridized carbons (Fsp3) is 0.429. The quantitative estimate of drug-likeness (QED) is 0.821. The molecule has 1 atom stereocenters. The van der Waals surface area contributed by atoms with E-state index in [9.17, 15) is 9.59 Å². The molecule has 0 saturated carbocycles. The number of nitrogens with one attached hydrogen (secondary N) is 1. The van der Waals surface area contributed by atoms with E-state index in [0.29, 0.717) is 24.3 Å². The van der Waals surface area contributed by atoms with Gasteiger partial charge in [0.05, 0.1) is 17.7 Å². The number of anilines is 1. The van der Waals surface area contributed by atoms with Gasteiger partial charge in [0.1, 0.15) is 0 Å². The summed E-state index contributed by atoms with van der Waals surface area (Å²) in [6.07, 6.45) is 0. The van der Waals surface area contributed by atoms with Crippen LogP contribution in [-0.2, 0) is 4.74 Å². The van der Waals surface area contributed by atoms with Crippen LogP contribution >= 0.6 is 0 Å². The minimum absolute atomic E-state index is 0.142. The number of nitrogens with zero attached hydrogens (tertiary/aromatic N) is 1. The van der Waals surface area contributed by atoms with E-state index in [-0.39, 0.29) is 17.9 Å². The molecule has 1 N–H and O–H groups in total. The first kappa shape index (κ1) is 13.5. The Balaban J connectivity index is 2.14. The molecule has 1 aliphatic rings. The summed E-state index contributed by atoms with van der Waals surface area (Å²) >= 11 is 0. The van der Waals surface area contributed by atoms with Crippen LogP contribution in [0.15, 0.2) is 18.2 Å². The van der Waals surface area contributed by atoms with E-state index in [1.54, 1.807) is 12.1 Å². The van der Waals surface area contributed by atoms with E-state index in [1.165, 1.54) is 7.05 Å². The molecule has 5 nitrogen and oxygen atoms in total. The zero-order chi connectivity index (χ0) is 14.0. The summed E-state index contributed by atoms with van der Waals surface area (Å²) in [6.45, 7) is 5.22. The van der Waals surface area contributed by atoms with Gasteiger partial charge in [-0.05, 0) is 32.0 Å². The van der Waals surface area contributed by atoms with Crippen molar-refractivity contribution in [1.29, 1.82) is 0 Å². The van der Waals surface area contributed by atoms with Gasteiger partial charge in [0, 0.05) is 25.4 Å². The number of amides is 2. The Morgan fingerprint density at radius 3 is 2.63 bits per heavy atom. The molecule has 1 heterocycles. The Labute approximate surface area is 112 Å². The summed E-state index contributed by atoms with van der Waals surface area (Å²) in [5.74, 6) is -0.491. The first-order valence-corrected chi connectivity index (χ1v) is 6.35. The Bertz CT molecular complexity index is 513. The highest BCUT2D eigenvalue weighted by Crippen LogP contribution is 2.24. The number of hydrogen-bond acceptors (Lipinski definition) is 4. The van der Waals surface area contributed by atoms with Crippen molar-refractivity contribution in [3.05, 3.63) is 29.3 Å². The highest BCUT2D eigenvalue weighted by molar-refractivity contribution is 6.21. The van der Waals surface area contributed by atoms with E-state index in [0.717, 1.165) is 10.6 Å². The van der Waals surface area contributed by atoms with Crippen LogP contribution in [0.25, 0.3) is 0 Å². The number of ether oxygens (including phenoxy) is 1. The van der Waals surface area contributed by atoms with Crippen LogP contribution in [0.4, 0.5) is 5.69 Å². The molecule has 2 amide bonds. The molecule has 0 spiro atoms. The first-order valence-electron chi connectivity index (χ1n) is 6.35. The fourth-order valence-corrected chi connectivity index (χ4v) is 2.07. The zero-order valence-electron chi connectivity index (χ0n) is 11.4. The fourth-order valence-electron chi connectivity index (χ4n) is 2.07. The largest absolute Gasteiger partial charge is 0.380 e. The Kier molecular flexibility index (Phi) is 3.85. The third-order valence-corrected chi connectivity index (χ3v) is 3.07. The summed E-state index contributed by atoms with van der Waals surface area (Å²) < 4.78 is 5.32. The molecule has 0 aliphatic carbocycles. The van der Waals surface area contributed by atoms with Crippen molar-refractivity contribution in [2.24, 2.45) is 0 Å². The van der Waals surface area contributed by atoms with Crippen molar-refractivity contribution in [1.82, 2.24) is 4.90 Å². The number of benzene rings is 1. The number of carbonyl (C=O) groups excluding carboxylic acids is 2. The number of carbonyl (C=O) groups is 2. The van der Waals surface area contributed by atoms with Crippen LogP contribution < -0.4 is 5.32 Å². The number of fused-ring (bicyclic) bond motifs is 1. The zero-order valence-corrected chi connectivity index (χ0v) is 11.4. The van der Waals surface area contributed by atoms with Gasteiger partial charge in [0.25, 0.3) is 11.8 Å². The standard InChI is InChI=1S/C14H18N2O3/c1-4-19-8-9(2)15-10-5-6-11-12(7-10)14(18)16(3)13(11)17/h5-7,9,15H,4,8H2,1-3H3. The van der Waals surface area contributed by atoms with E-state index in [4.69, 9.17) is 4.74 Å². The van der Waals surface area contributed by atoms with Gasteiger partial charge in [0.15, 0.2) is 0 Å². The molecule has 0 radical (unpaired) electrons. The van der Waals surface area contributed by atoms with Crippen molar-refractivity contribution in [3.8, 4) is 0 Å². The van der Waals surface area contributed by atoms with Gasteiger partial charge in [-0.3, -0.25) is 14.5 Å². The molecule has 1 unspecified atom stereocenters. The maximum atomic E-state index is 11.9. The van der Waals surface area contributed by atoms with Crippen LogP contribution in [0.3, 0.4) is 0 Å². The van der Waals surface area contributed by atoms with Gasteiger partial charge < -0.3 is 10.1 Å². The van der Waals surface area contributed by atoms with E-state index in [2.05, 4.69) is 5.32 Å². The van der Waals surface area contributed by atoms with E-state index < -0.39 is 0 Å². The lowest BCUT2D eigenvalue weighted by Crippen LogP contribution is -2.24. The SMILES string of the molecule is CCOCC(C)Nc1ccc2c(c1)C(=O)N(C)C2=O.